The smallest absolute Gasteiger partial charge is 0.324 e. The Hall–Kier alpha value is -1.55. The number of likely N-dealkylation sites (N-methyl/N-ethyl adjacent to an activating group) is 1. The molecule has 1 heterocycles. The van der Waals surface area contributed by atoms with Crippen LogP contribution in [-0.4, -0.2) is 36.8 Å². The minimum absolute atomic E-state index is 0.631. The molecule has 1 saturated heterocycles. The average Bonchev–Trinajstić information content (AvgIpc) is 2.37. The molecule has 4 heteroatoms. The predicted molar refractivity (Wildman–Crippen MR) is 76.8 cm³/mol. The molecule has 1 aliphatic heterocycles. The maximum Gasteiger partial charge on any atom is 0.324 e. The molecule has 0 bridgehead atoms. The monoisotopic (exact) mass is 262 g/mol. The summed E-state index contributed by atoms with van der Waals surface area (Å²) in [5.41, 5.74) is 2.94. The highest BCUT2D eigenvalue weighted by Crippen LogP contribution is 2.27. The van der Waals surface area contributed by atoms with Crippen LogP contribution in [0, 0.1) is 13.8 Å². The molecule has 0 unspecified atom stereocenters. The summed E-state index contributed by atoms with van der Waals surface area (Å²) in [6, 6.07) is 6.49. The molecule has 1 fully saturated rings. The van der Waals surface area contributed by atoms with Crippen LogP contribution in [-0.2, 0) is 4.79 Å². The first-order chi connectivity index (χ1) is 8.97. The quantitative estimate of drug-likeness (QED) is 0.874. The Balaban J connectivity index is 2.13. The number of anilines is 1. The number of nitrogens with one attached hydrogen (secondary N) is 1. The van der Waals surface area contributed by atoms with E-state index in [0.29, 0.717) is 12.8 Å². The lowest BCUT2D eigenvalue weighted by atomic mass is 9.87. The van der Waals surface area contributed by atoms with Crippen LogP contribution in [0.1, 0.15) is 24.0 Å². The van der Waals surface area contributed by atoms with Crippen LogP contribution in [0.4, 0.5) is 5.69 Å². The fourth-order valence-corrected chi connectivity index (χ4v) is 2.85. The maximum absolute atomic E-state index is 11.4. The summed E-state index contributed by atoms with van der Waals surface area (Å²) in [4.78, 5) is 13.7. The summed E-state index contributed by atoms with van der Waals surface area (Å²) in [6.45, 7) is 5.73. The van der Waals surface area contributed by atoms with Gasteiger partial charge >= 0.3 is 5.97 Å². The fraction of sp³-hybridized carbons (Fsp3) is 0.533. The van der Waals surface area contributed by atoms with E-state index in [4.69, 9.17) is 0 Å². The molecule has 0 aliphatic carbocycles. The average molecular weight is 262 g/mol. The van der Waals surface area contributed by atoms with Crippen LogP contribution in [0.25, 0.3) is 0 Å². The Morgan fingerprint density at radius 1 is 1.21 bits per heavy atom. The zero-order chi connectivity index (χ0) is 14.0. The summed E-state index contributed by atoms with van der Waals surface area (Å²) in [7, 11) is 1.74. The Morgan fingerprint density at radius 2 is 1.74 bits per heavy atom. The summed E-state index contributed by atoms with van der Waals surface area (Å²) in [5, 5.41) is 12.3. The number of aryl methyl sites for hydroxylation is 2. The number of hydrogen-bond donors (Lipinski definition) is 2. The maximum atomic E-state index is 11.4. The molecule has 1 aliphatic rings. The van der Waals surface area contributed by atoms with Crippen molar-refractivity contribution in [1.29, 1.82) is 0 Å². The van der Waals surface area contributed by atoms with Gasteiger partial charge in [0, 0.05) is 18.8 Å². The first kappa shape index (κ1) is 13.9. The molecule has 19 heavy (non-hydrogen) atoms. The topological polar surface area (TPSA) is 52.6 Å². The second kappa shape index (κ2) is 5.21. The molecule has 0 radical (unpaired) electrons. The van der Waals surface area contributed by atoms with Gasteiger partial charge in [0.2, 0.25) is 0 Å². The molecule has 0 amide bonds. The van der Waals surface area contributed by atoms with Gasteiger partial charge in [-0.1, -0.05) is 6.07 Å². The molecule has 2 rings (SSSR count). The van der Waals surface area contributed by atoms with Crippen molar-refractivity contribution in [3.05, 3.63) is 29.3 Å². The third-order valence-corrected chi connectivity index (χ3v) is 4.08. The van der Waals surface area contributed by atoms with Crippen LogP contribution >= 0.6 is 0 Å². The zero-order valence-corrected chi connectivity index (χ0v) is 11.9. The lowest BCUT2D eigenvalue weighted by molar-refractivity contribution is -0.145. The number of hydrogen-bond acceptors (Lipinski definition) is 3. The van der Waals surface area contributed by atoms with Crippen molar-refractivity contribution >= 4 is 11.7 Å². The van der Waals surface area contributed by atoms with Crippen molar-refractivity contribution < 1.29 is 9.90 Å². The molecular formula is C15H22N2O2. The molecule has 0 atom stereocenters. The highest BCUT2D eigenvalue weighted by Gasteiger charge is 2.40. The molecule has 0 saturated carbocycles. The van der Waals surface area contributed by atoms with E-state index < -0.39 is 11.5 Å². The van der Waals surface area contributed by atoms with Crippen molar-refractivity contribution in [2.75, 3.05) is 25.0 Å². The molecular weight excluding hydrogens is 240 g/mol. The number of carboxylic acids is 1. The Labute approximate surface area is 114 Å². The fourth-order valence-electron chi connectivity index (χ4n) is 2.85. The van der Waals surface area contributed by atoms with Gasteiger partial charge in [0.15, 0.2) is 0 Å². The van der Waals surface area contributed by atoms with Gasteiger partial charge in [0.05, 0.1) is 0 Å². The normalized spacial score (nSPS) is 18.4. The van der Waals surface area contributed by atoms with Crippen LogP contribution in [0.5, 0.6) is 0 Å². The third kappa shape index (κ3) is 2.73. The molecule has 0 spiro atoms. The number of carbonyl (C=O) groups is 1. The van der Waals surface area contributed by atoms with Crippen molar-refractivity contribution in [2.45, 2.75) is 32.2 Å². The van der Waals surface area contributed by atoms with Crippen LogP contribution in [0.15, 0.2) is 18.2 Å². The summed E-state index contributed by atoms with van der Waals surface area (Å²) < 4.78 is 0. The summed E-state index contributed by atoms with van der Waals surface area (Å²) in [5.74, 6) is -0.741. The number of rotatable bonds is 3. The van der Waals surface area contributed by atoms with Gasteiger partial charge in [-0.05, 0) is 57.0 Å². The molecule has 2 N–H and O–H groups in total. The van der Waals surface area contributed by atoms with Crippen molar-refractivity contribution in [3.63, 3.8) is 0 Å². The van der Waals surface area contributed by atoms with Gasteiger partial charge in [-0.3, -0.25) is 4.79 Å². The first-order valence-electron chi connectivity index (χ1n) is 6.72. The van der Waals surface area contributed by atoms with Crippen LogP contribution in [0.3, 0.4) is 0 Å². The van der Waals surface area contributed by atoms with E-state index in [1.54, 1.807) is 7.05 Å². The summed E-state index contributed by atoms with van der Waals surface area (Å²) >= 11 is 0. The Kier molecular flexibility index (Phi) is 3.80. The Morgan fingerprint density at radius 3 is 2.16 bits per heavy atom. The number of nitrogens with zero attached hydrogens (tertiary/aromatic N) is 1. The SMILES string of the molecule is CNC1(C(=O)O)CCN(c2cc(C)cc(C)c2)CC1. The molecule has 0 aromatic heterocycles. The van der Waals surface area contributed by atoms with E-state index in [9.17, 15) is 9.90 Å². The van der Waals surface area contributed by atoms with Gasteiger partial charge in [-0.2, -0.15) is 0 Å². The largest absolute Gasteiger partial charge is 0.480 e. The molecule has 1 aromatic rings. The minimum atomic E-state index is -0.755. The highest BCUT2D eigenvalue weighted by molar-refractivity contribution is 5.79. The van der Waals surface area contributed by atoms with E-state index >= 15 is 0 Å². The second-order valence-electron chi connectivity index (χ2n) is 5.47. The minimum Gasteiger partial charge on any atom is -0.480 e. The van der Waals surface area contributed by atoms with E-state index in [-0.39, 0.29) is 0 Å². The lowest BCUT2D eigenvalue weighted by Gasteiger charge is -2.39. The molecule has 104 valence electrons. The van der Waals surface area contributed by atoms with Gasteiger partial charge in [-0.25, -0.2) is 0 Å². The van der Waals surface area contributed by atoms with Gasteiger partial charge in [0.25, 0.3) is 0 Å². The molecule has 1 aromatic carbocycles. The number of aliphatic carboxylic acids is 1. The number of piperidine rings is 1. The van der Waals surface area contributed by atoms with Crippen molar-refractivity contribution in [1.82, 2.24) is 5.32 Å². The zero-order valence-electron chi connectivity index (χ0n) is 11.9. The van der Waals surface area contributed by atoms with E-state index in [1.165, 1.54) is 16.8 Å². The number of benzene rings is 1. The van der Waals surface area contributed by atoms with Gasteiger partial charge in [-0.15, -0.1) is 0 Å². The van der Waals surface area contributed by atoms with Gasteiger partial charge in [0.1, 0.15) is 5.54 Å². The third-order valence-electron chi connectivity index (χ3n) is 4.08. The Bertz CT molecular complexity index is 457. The predicted octanol–water partition coefficient (Wildman–Crippen LogP) is 1.95. The van der Waals surface area contributed by atoms with Crippen LogP contribution < -0.4 is 10.2 Å². The first-order valence-corrected chi connectivity index (χ1v) is 6.72. The molecule has 4 nitrogen and oxygen atoms in total. The van der Waals surface area contributed by atoms with Crippen molar-refractivity contribution in [3.8, 4) is 0 Å². The van der Waals surface area contributed by atoms with Gasteiger partial charge < -0.3 is 15.3 Å². The highest BCUT2D eigenvalue weighted by atomic mass is 16.4. The number of carboxylic acid groups (broad SMARTS) is 1. The van der Waals surface area contributed by atoms with E-state index in [2.05, 4.69) is 42.3 Å². The second-order valence-corrected chi connectivity index (χ2v) is 5.47. The van der Waals surface area contributed by atoms with E-state index in [0.717, 1.165) is 13.1 Å². The summed E-state index contributed by atoms with van der Waals surface area (Å²) in [6.07, 6.45) is 1.26. The van der Waals surface area contributed by atoms with Crippen molar-refractivity contribution in [2.24, 2.45) is 0 Å². The standard InChI is InChI=1S/C15H22N2O2/c1-11-8-12(2)10-13(9-11)17-6-4-15(16-3,5-7-17)14(18)19/h8-10,16H,4-7H2,1-3H3,(H,18,19). The lowest BCUT2D eigenvalue weighted by Crippen LogP contribution is -2.57. The van der Waals surface area contributed by atoms with Crippen LogP contribution in [0.2, 0.25) is 0 Å². The van der Waals surface area contributed by atoms with E-state index in [1.807, 2.05) is 0 Å².